The second kappa shape index (κ2) is 4.37. The van der Waals surface area contributed by atoms with Gasteiger partial charge in [0, 0.05) is 6.54 Å². The van der Waals surface area contributed by atoms with E-state index < -0.39 is 5.41 Å². The summed E-state index contributed by atoms with van der Waals surface area (Å²) in [6, 6.07) is 5.30. The van der Waals surface area contributed by atoms with Crippen molar-refractivity contribution in [2.75, 3.05) is 11.9 Å². The number of phenols is 1. The van der Waals surface area contributed by atoms with E-state index in [0.29, 0.717) is 12.2 Å². The van der Waals surface area contributed by atoms with Gasteiger partial charge in [0.05, 0.1) is 11.1 Å². The molecule has 1 aliphatic rings. The van der Waals surface area contributed by atoms with Crippen molar-refractivity contribution in [1.29, 1.82) is 0 Å². The van der Waals surface area contributed by atoms with Crippen molar-refractivity contribution in [2.24, 2.45) is 11.1 Å². The molecule has 4 heteroatoms. The minimum atomic E-state index is -0.420. The number of hydrogen-bond acceptors (Lipinski definition) is 3. The zero-order valence-electron chi connectivity index (χ0n) is 9.99. The van der Waals surface area contributed by atoms with Crippen LogP contribution < -0.4 is 11.1 Å². The van der Waals surface area contributed by atoms with Gasteiger partial charge in [-0.3, -0.25) is 4.79 Å². The highest BCUT2D eigenvalue weighted by Crippen LogP contribution is 2.41. The average Bonchev–Trinajstić information content (AvgIpc) is 2.24. The highest BCUT2D eigenvalue weighted by atomic mass is 16.3. The highest BCUT2D eigenvalue weighted by molar-refractivity contribution is 5.97. The Morgan fingerprint density at radius 3 is 2.76 bits per heavy atom. The zero-order chi connectivity index (χ0) is 12.5. The summed E-state index contributed by atoms with van der Waals surface area (Å²) in [7, 11) is 0. The molecule has 92 valence electrons. The van der Waals surface area contributed by atoms with Gasteiger partial charge in [-0.2, -0.15) is 0 Å². The molecule has 0 heterocycles. The summed E-state index contributed by atoms with van der Waals surface area (Å²) in [5, 5.41) is 12.6. The fraction of sp³-hybridized carbons (Fsp3) is 0.462. The fourth-order valence-corrected chi connectivity index (χ4v) is 2.14. The molecule has 2 rings (SSSR count). The number of amides is 1. The lowest BCUT2D eigenvalue weighted by Crippen LogP contribution is -2.47. The van der Waals surface area contributed by atoms with Crippen molar-refractivity contribution in [3.63, 3.8) is 0 Å². The summed E-state index contributed by atoms with van der Waals surface area (Å²) in [6.45, 7) is 2.17. The first-order valence-electron chi connectivity index (χ1n) is 5.89. The monoisotopic (exact) mass is 234 g/mol. The number of anilines is 1. The third-order valence-corrected chi connectivity index (χ3v) is 3.67. The molecule has 17 heavy (non-hydrogen) atoms. The van der Waals surface area contributed by atoms with Gasteiger partial charge in [0.2, 0.25) is 5.91 Å². The molecule has 4 N–H and O–H groups in total. The first kappa shape index (κ1) is 11.9. The Hall–Kier alpha value is -1.55. The van der Waals surface area contributed by atoms with Crippen LogP contribution in [0.25, 0.3) is 0 Å². The van der Waals surface area contributed by atoms with Crippen LogP contribution in [0.2, 0.25) is 0 Å². The molecular weight excluding hydrogens is 216 g/mol. The number of benzene rings is 1. The summed E-state index contributed by atoms with van der Waals surface area (Å²) in [6.07, 6.45) is 2.72. The van der Waals surface area contributed by atoms with Crippen molar-refractivity contribution in [2.45, 2.75) is 26.2 Å². The largest absolute Gasteiger partial charge is 0.505 e. The van der Waals surface area contributed by atoms with Crippen LogP contribution in [0.4, 0.5) is 5.69 Å². The van der Waals surface area contributed by atoms with Gasteiger partial charge in [0.15, 0.2) is 0 Å². The summed E-state index contributed by atoms with van der Waals surface area (Å²) >= 11 is 0. The number of nitrogens with two attached hydrogens (primary N) is 1. The lowest BCUT2D eigenvalue weighted by molar-refractivity contribution is -0.129. The second-order valence-corrected chi connectivity index (χ2v) is 4.76. The van der Waals surface area contributed by atoms with E-state index in [1.165, 1.54) is 0 Å². The van der Waals surface area contributed by atoms with Gasteiger partial charge in [0.25, 0.3) is 0 Å². The predicted octanol–water partition coefficient (Wildman–Crippen LogP) is 1.77. The summed E-state index contributed by atoms with van der Waals surface area (Å²) in [4.78, 5) is 12.1. The molecular formula is C13H18N2O2. The number of para-hydroxylation sites is 1. The van der Waals surface area contributed by atoms with Crippen LogP contribution in [-0.4, -0.2) is 17.6 Å². The average molecular weight is 234 g/mol. The molecule has 0 aromatic heterocycles. The number of phenolic OH excluding ortho intramolecular Hbond substituents is 1. The van der Waals surface area contributed by atoms with Crippen LogP contribution >= 0.6 is 0 Å². The van der Waals surface area contributed by atoms with Gasteiger partial charge in [-0.25, -0.2) is 0 Å². The van der Waals surface area contributed by atoms with Gasteiger partial charge in [-0.1, -0.05) is 18.6 Å². The number of carbonyl (C=O) groups excluding carboxylic acids is 1. The fourth-order valence-electron chi connectivity index (χ4n) is 2.14. The molecule has 1 aromatic carbocycles. The van der Waals surface area contributed by atoms with Crippen LogP contribution in [0.1, 0.15) is 24.8 Å². The van der Waals surface area contributed by atoms with Crippen molar-refractivity contribution in [3.8, 4) is 5.75 Å². The number of aromatic hydroxyl groups is 1. The third-order valence-electron chi connectivity index (χ3n) is 3.67. The molecule has 1 amide bonds. The van der Waals surface area contributed by atoms with Crippen molar-refractivity contribution < 1.29 is 9.90 Å². The smallest absolute Gasteiger partial charge is 0.231 e. The molecule has 1 aromatic rings. The second-order valence-electron chi connectivity index (χ2n) is 4.76. The van der Waals surface area contributed by atoms with E-state index in [1.807, 2.05) is 0 Å². The van der Waals surface area contributed by atoms with Crippen LogP contribution in [0.3, 0.4) is 0 Å². The molecule has 0 saturated heterocycles. The van der Waals surface area contributed by atoms with Gasteiger partial charge >= 0.3 is 0 Å². The first-order valence-corrected chi connectivity index (χ1v) is 5.89. The van der Waals surface area contributed by atoms with Crippen molar-refractivity contribution in [3.05, 3.63) is 23.8 Å². The van der Waals surface area contributed by atoms with Crippen LogP contribution in [0.5, 0.6) is 5.75 Å². The molecule has 4 nitrogen and oxygen atoms in total. The van der Waals surface area contributed by atoms with Gasteiger partial charge in [0.1, 0.15) is 5.75 Å². The number of aryl methyl sites for hydroxylation is 1. The maximum Gasteiger partial charge on any atom is 0.231 e. The number of carbonyl (C=O) groups is 1. The Bertz CT molecular complexity index is 434. The molecule has 0 radical (unpaired) electrons. The van der Waals surface area contributed by atoms with E-state index in [1.54, 1.807) is 25.1 Å². The molecule has 1 fully saturated rings. The van der Waals surface area contributed by atoms with Gasteiger partial charge in [-0.15, -0.1) is 0 Å². The van der Waals surface area contributed by atoms with E-state index >= 15 is 0 Å². The summed E-state index contributed by atoms with van der Waals surface area (Å²) < 4.78 is 0. The Morgan fingerprint density at radius 2 is 2.24 bits per heavy atom. The lowest BCUT2D eigenvalue weighted by atomic mass is 9.68. The number of rotatable bonds is 3. The number of nitrogens with one attached hydrogen (secondary N) is 1. The third kappa shape index (κ3) is 2.00. The maximum atomic E-state index is 12.1. The minimum Gasteiger partial charge on any atom is -0.505 e. The topological polar surface area (TPSA) is 75.4 Å². The standard InChI is InChI=1S/C13H18N2O2/c1-9-4-2-5-10(11(9)16)15-12(17)13(8-14)6-3-7-13/h2,4-5,16H,3,6-8,14H2,1H3,(H,15,17). The maximum absolute atomic E-state index is 12.1. The van der Waals surface area contributed by atoms with E-state index in [-0.39, 0.29) is 11.7 Å². The summed E-state index contributed by atoms with van der Waals surface area (Å²) in [5.41, 5.74) is 6.46. The predicted molar refractivity (Wildman–Crippen MR) is 66.8 cm³/mol. The van der Waals surface area contributed by atoms with E-state index in [4.69, 9.17) is 5.73 Å². The molecule has 0 aliphatic heterocycles. The highest BCUT2D eigenvalue weighted by Gasteiger charge is 2.42. The molecule has 0 atom stereocenters. The lowest BCUT2D eigenvalue weighted by Gasteiger charge is -2.39. The Labute approximate surface area is 101 Å². The van der Waals surface area contributed by atoms with E-state index in [2.05, 4.69) is 5.32 Å². The first-order chi connectivity index (χ1) is 8.09. The van der Waals surface area contributed by atoms with Gasteiger partial charge in [-0.05, 0) is 31.4 Å². The van der Waals surface area contributed by atoms with E-state index in [0.717, 1.165) is 24.8 Å². The minimum absolute atomic E-state index is 0.0767. The van der Waals surface area contributed by atoms with Crippen LogP contribution in [0.15, 0.2) is 18.2 Å². The quantitative estimate of drug-likeness (QED) is 0.698. The van der Waals surface area contributed by atoms with Crippen molar-refractivity contribution >= 4 is 11.6 Å². The molecule has 0 spiro atoms. The summed E-state index contributed by atoms with van der Waals surface area (Å²) in [5.74, 6) is 0.0551. The normalized spacial score (nSPS) is 17.3. The number of hydrogen-bond donors (Lipinski definition) is 3. The van der Waals surface area contributed by atoms with Crippen LogP contribution in [0, 0.1) is 12.3 Å². The Balaban J connectivity index is 2.16. The Kier molecular flexibility index (Phi) is 3.07. The van der Waals surface area contributed by atoms with Crippen LogP contribution in [-0.2, 0) is 4.79 Å². The molecule has 1 aliphatic carbocycles. The van der Waals surface area contributed by atoms with Gasteiger partial charge < -0.3 is 16.2 Å². The SMILES string of the molecule is Cc1cccc(NC(=O)C2(CN)CCC2)c1O. The molecule has 1 saturated carbocycles. The molecule has 0 bridgehead atoms. The van der Waals surface area contributed by atoms with E-state index in [9.17, 15) is 9.90 Å². The molecule has 0 unspecified atom stereocenters. The zero-order valence-corrected chi connectivity index (χ0v) is 9.99. The Morgan fingerprint density at radius 1 is 1.53 bits per heavy atom. The van der Waals surface area contributed by atoms with Crippen molar-refractivity contribution in [1.82, 2.24) is 0 Å².